The van der Waals surface area contributed by atoms with Gasteiger partial charge in [-0.25, -0.2) is 18.1 Å². The molecule has 0 aliphatic carbocycles. The van der Waals surface area contributed by atoms with Crippen molar-refractivity contribution < 1.29 is 13.2 Å². The van der Waals surface area contributed by atoms with Crippen LogP contribution >= 0.6 is 0 Å². The SMILES string of the molecule is Cc1ccc(-c2cc(C(=O)Nc3ccc(C(C)C)cc3)c3c(C)nn(C4CCS(=O)(=O)C4)c3n2)cc1. The maximum atomic E-state index is 13.6. The van der Waals surface area contributed by atoms with Crippen molar-refractivity contribution in [2.75, 3.05) is 16.8 Å². The number of nitrogens with one attached hydrogen (secondary N) is 1. The Kier molecular flexibility index (Phi) is 6.16. The second-order valence-corrected chi connectivity index (χ2v) is 12.2. The van der Waals surface area contributed by atoms with Crippen LogP contribution in [-0.4, -0.2) is 40.6 Å². The van der Waals surface area contributed by atoms with Gasteiger partial charge in [0, 0.05) is 11.3 Å². The van der Waals surface area contributed by atoms with Crippen LogP contribution in [0.15, 0.2) is 54.6 Å². The first-order valence-electron chi connectivity index (χ1n) is 12.2. The van der Waals surface area contributed by atoms with Crippen molar-refractivity contribution in [1.29, 1.82) is 0 Å². The highest BCUT2D eigenvalue weighted by atomic mass is 32.2. The quantitative estimate of drug-likeness (QED) is 0.392. The minimum Gasteiger partial charge on any atom is -0.322 e. The smallest absolute Gasteiger partial charge is 0.256 e. The predicted molar refractivity (Wildman–Crippen MR) is 143 cm³/mol. The van der Waals surface area contributed by atoms with Crippen molar-refractivity contribution in [3.63, 3.8) is 0 Å². The molecule has 0 radical (unpaired) electrons. The number of pyridine rings is 1. The van der Waals surface area contributed by atoms with Crippen molar-refractivity contribution >= 4 is 32.5 Å². The van der Waals surface area contributed by atoms with Gasteiger partial charge >= 0.3 is 0 Å². The van der Waals surface area contributed by atoms with E-state index in [2.05, 4.69) is 24.3 Å². The molecule has 1 atom stereocenters. The number of fused-ring (bicyclic) bond motifs is 1. The molecule has 1 aliphatic rings. The number of carbonyl (C=O) groups is 1. The van der Waals surface area contributed by atoms with Gasteiger partial charge in [-0.2, -0.15) is 5.10 Å². The first-order chi connectivity index (χ1) is 17.1. The highest BCUT2D eigenvalue weighted by Crippen LogP contribution is 2.32. The van der Waals surface area contributed by atoms with Crippen molar-refractivity contribution in [3.8, 4) is 11.3 Å². The normalized spacial score (nSPS) is 17.1. The van der Waals surface area contributed by atoms with Crippen molar-refractivity contribution in [1.82, 2.24) is 14.8 Å². The second-order valence-electron chi connectivity index (χ2n) is 9.94. The average molecular weight is 503 g/mol. The van der Waals surface area contributed by atoms with E-state index in [1.807, 2.05) is 62.4 Å². The van der Waals surface area contributed by atoms with Gasteiger partial charge in [0.25, 0.3) is 5.91 Å². The van der Waals surface area contributed by atoms with Gasteiger partial charge in [-0.05, 0) is 49.9 Å². The predicted octanol–water partition coefficient (Wildman–Crippen LogP) is 5.45. The Morgan fingerprint density at radius 1 is 1.06 bits per heavy atom. The number of hydrogen-bond donors (Lipinski definition) is 1. The van der Waals surface area contributed by atoms with Crippen LogP contribution in [0.1, 0.15) is 59.4 Å². The fourth-order valence-corrected chi connectivity index (χ4v) is 6.43. The summed E-state index contributed by atoms with van der Waals surface area (Å²) in [6.45, 7) is 8.11. The number of anilines is 1. The fourth-order valence-electron chi connectivity index (χ4n) is 4.74. The van der Waals surface area contributed by atoms with Gasteiger partial charge in [0.2, 0.25) is 0 Å². The lowest BCUT2D eigenvalue weighted by atomic mass is 10.0. The van der Waals surface area contributed by atoms with E-state index in [1.165, 1.54) is 5.56 Å². The van der Waals surface area contributed by atoms with Crippen molar-refractivity contribution in [2.45, 2.75) is 46.1 Å². The molecule has 5 rings (SSSR count). The van der Waals surface area contributed by atoms with E-state index in [-0.39, 0.29) is 23.5 Å². The summed E-state index contributed by atoms with van der Waals surface area (Å²) >= 11 is 0. The Bertz CT molecular complexity index is 1550. The van der Waals surface area contributed by atoms with Gasteiger partial charge in [-0.15, -0.1) is 0 Å². The summed E-state index contributed by atoms with van der Waals surface area (Å²) in [7, 11) is -3.11. The van der Waals surface area contributed by atoms with Gasteiger partial charge in [-0.1, -0.05) is 55.8 Å². The summed E-state index contributed by atoms with van der Waals surface area (Å²) in [5, 5.41) is 8.35. The van der Waals surface area contributed by atoms with Crippen LogP contribution in [0.25, 0.3) is 22.3 Å². The number of sulfone groups is 1. The number of hydrogen-bond acceptors (Lipinski definition) is 5. The highest BCUT2D eigenvalue weighted by molar-refractivity contribution is 7.91. The lowest BCUT2D eigenvalue weighted by Gasteiger charge is -2.13. The Morgan fingerprint density at radius 2 is 1.75 bits per heavy atom. The van der Waals surface area contributed by atoms with Gasteiger partial charge in [0.1, 0.15) is 0 Å². The number of rotatable bonds is 5. The lowest BCUT2D eigenvalue weighted by molar-refractivity contribution is 0.102. The molecular formula is C28H30N4O3S. The minimum absolute atomic E-state index is 0.0311. The Balaban J connectivity index is 1.62. The fraction of sp³-hybridized carbons (Fsp3) is 0.321. The first kappa shape index (κ1) is 24.2. The molecule has 8 heteroatoms. The molecule has 0 bridgehead atoms. The van der Waals surface area contributed by atoms with Gasteiger partial charge in [0.05, 0.1) is 39.9 Å². The zero-order valence-electron chi connectivity index (χ0n) is 20.9. The second kappa shape index (κ2) is 9.17. The van der Waals surface area contributed by atoms with E-state index >= 15 is 0 Å². The summed E-state index contributed by atoms with van der Waals surface area (Å²) in [5.41, 5.74) is 6.20. The molecule has 3 heterocycles. The van der Waals surface area contributed by atoms with Crippen LogP contribution in [0, 0.1) is 13.8 Å². The van der Waals surface area contributed by atoms with Crippen LogP contribution in [0.2, 0.25) is 0 Å². The van der Waals surface area contributed by atoms with E-state index in [4.69, 9.17) is 4.98 Å². The van der Waals surface area contributed by atoms with Crippen LogP contribution in [-0.2, 0) is 9.84 Å². The van der Waals surface area contributed by atoms with Crippen LogP contribution in [0.3, 0.4) is 0 Å². The molecule has 0 saturated carbocycles. The molecule has 1 fully saturated rings. The molecule has 2 aromatic heterocycles. The van der Waals surface area contributed by atoms with E-state index in [9.17, 15) is 13.2 Å². The summed E-state index contributed by atoms with van der Waals surface area (Å²) in [5.74, 6) is 0.313. The molecule has 1 unspecified atom stereocenters. The number of amides is 1. The number of aryl methyl sites for hydroxylation is 2. The van der Waals surface area contributed by atoms with E-state index < -0.39 is 9.84 Å². The van der Waals surface area contributed by atoms with E-state index in [0.717, 1.165) is 11.1 Å². The third kappa shape index (κ3) is 4.65. The Labute approximate surface area is 211 Å². The van der Waals surface area contributed by atoms with E-state index in [1.54, 1.807) is 10.7 Å². The Morgan fingerprint density at radius 3 is 2.36 bits per heavy atom. The molecule has 7 nitrogen and oxygen atoms in total. The maximum absolute atomic E-state index is 13.6. The standard InChI is InChI=1S/C28H30N4O3S/c1-17(2)20-9-11-22(12-10-20)29-28(33)24-15-25(21-7-5-18(3)6-8-21)30-27-26(24)19(4)31-32(27)23-13-14-36(34,35)16-23/h5-12,15,17,23H,13-14,16H2,1-4H3,(H,29,33). The molecule has 186 valence electrons. The topological polar surface area (TPSA) is 94.0 Å². The number of aromatic nitrogens is 3. The zero-order valence-corrected chi connectivity index (χ0v) is 21.8. The molecule has 36 heavy (non-hydrogen) atoms. The number of carbonyl (C=O) groups excluding carboxylic acids is 1. The molecule has 1 N–H and O–H groups in total. The van der Waals surface area contributed by atoms with Gasteiger partial charge in [-0.3, -0.25) is 4.79 Å². The van der Waals surface area contributed by atoms with Crippen molar-refractivity contribution in [2.24, 2.45) is 0 Å². The largest absolute Gasteiger partial charge is 0.322 e. The van der Waals surface area contributed by atoms with Gasteiger partial charge in [0.15, 0.2) is 15.5 Å². The molecule has 4 aromatic rings. The first-order valence-corrected chi connectivity index (χ1v) is 14.0. The van der Waals surface area contributed by atoms with Crippen molar-refractivity contribution in [3.05, 3.63) is 77.0 Å². The summed E-state index contributed by atoms with van der Waals surface area (Å²) in [6.07, 6.45) is 0.485. The molecule has 1 saturated heterocycles. The molecule has 1 amide bonds. The third-order valence-electron chi connectivity index (χ3n) is 6.82. The summed E-state index contributed by atoms with van der Waals surface area (Å²) in [4.78, 5) is 18.5. The molecule has 2 aromatic carbocycles. The molecule has 1 aliphatic heterocycles. The average Bonchev–Trinajstić information content (AvgIpc) is 3.38. The summed E-state index contributed by atoms with van der Waals surface area (Å²) in [6, 6.07) is 17.3. The maximum Gasteiger partial charge on any atom is 0.256 e. The van der Waals surface area contributed by atoms with Gasteiger partial charge < -0.3 is 5.32 Å². The zero-order chi connectivity index (χ0) is 25.6. The van der Waals surface area contributed by atoms with Crippen LogP contribution in [0.5, 0.6) is 0 Å². The lowest BCUT2D eigenvalue weighted by Crippen LogP contribution is -2.15. The minimum atomic E-state index is -3.11. The highest BCUT2D eigenvalue weighted by Gasteiger charge is 2.32. The monoisotopic (exact) mass is 502 g/mol. The Hall–Kier alpha value is -3.52. The third-order valence-corrected chi connectivity index (χ3v) is 8.57. The van der Waals surface area contributed by atoms with Crippen LogP contribution < -0.4 is 5.32 Å². The van der Waals surface area contributed by atoms with Crippen LogP contribution in [0.4, 0.5) is 5.69 Å². The summed E-state index contributed by atoms with van der Waals surface area (Å²) < 4.78 is 26.1. The number of nitrogens with zero attached hydrogens (tertiary/aromatic N) is 3. The molecular weight excluding hydrogens is 472 g/mol. The number of benzene rings is 2. The molecule has 0 spiro atoms. The van der Waals surface area contributed by atoms with E-state index in [0.29, 0.717) is 46.0 Å².